The Bertz CT molecular complexity index is 1280. The van der Waals surface area contributed by atoms with Crippen molar-refractivity contribution >= 4 is 33.4 Å². The highest BCUT2D eigenvalue weighted by Gasteiger charge is 2.37. The van der Waals surface area contributed by atoms with Gasteiger partial charge in [-0.25, -0.2) is 18.7 Å². The smallest absolute Gasteiger partial charge is 0.261 e. The zero-order valence-corrected chi connectivity index (χ0v) is 18.4. The normalized spacial score (nSPS) is 15.7. The van der Waals surface area contributed by atoms with Crippen LogP contribution in [-0.4, -0.2) is 57.9 Å². The number of imidazole rings is 1. The zero-order valence-electron chi connectivity index (χ0n) is 17.6. The zero-order chi connectivity index (χ0) is 22.8. The number of likely N-dealkylation sites (tertiary alicyclic amines) is 1. The molecule has 0 atom stereocenters. The van der Waals surface area contributed by atoms with Crippen molar-refractivity contribution in [1.82, 2.24) is 19.9 Å². The van der Waals surface area contributed by atoms with E-state index >= 15 is 0 Å². The van der Waals surface area contributed by atoms with Crippen molar-refractivity contribution < 1.29 is 18.3 Å². The molecule has 0 radical (unpaired) electrons. The summed E-state index contributed by atoms with van der Waals surface area (Å²) in [5.74, 6) is -1.75. The van der Waals surface area contributed by atoms with E-state index in [1.165, 1.54) is 11.3 Å². The fraction of sp³-hybridized carbons (Fsp3) is 0.261. The molecule has 1 saturated heterocycles. The lowest BCUT2D eigenvalue weighted by Gasteiger charge is -2.16. The Kier molecular flexibility index (Phi) is 5.77. The highest BCUT2D eigenvalue weighted by atomic mass is 32.1. The number of benzene rings is 2. The first kappa shape index (κ1) is 21.5. The van der Waals surface area contributed by atoms with Gasteiger partial charge in [0.25, 0.3) is 11.8 Å². The number of alkyl halides is 2. The van der Waals surface area contributed by atoms with Crippen molar-refractivity contribution in [3.05, 3.63) is 59.6 Å². The van der Waals surface area contributed by atoms with Gasteiger partial charge < -0.3 is 9.72 Å². The lowest BCUT2D eigenvalue weighted by Crippen LogP contribution is -2.29. The summed E-state index contributed by atoms with van der Waals surface area (Å²) >= 11 is 1.34. The van der Waals surface area contributed by atoms with Crippen LogP contribution in [-0.2, 0) is 0 Å². The molecule has 0 aliphatic carbocycles. The van der Waals surface area contributed by atoms with E-state index in [0.717, 1.165) is 5.56 Å². The summed E-state index contributed by atoms with van der Waals surface area (Å²) in [5.41, 5.74) is 2.41. The van der Waals surface area contributed by atoms with Crippen LogP contribution in [0.2, 0.25) is 0 Å². The first-order valence-electron chi connectivity index (χ1n) is 10.5. The number of carbonyl (C=O) groups excluding carboxylic acids is 1. The number of aromatic amines is 1. The number of amides is 1. The molecule has 0 unspecified atom stereocenters. The average molecular weight is 470 g/mol. The largest absolute Gasteiger partial charge is 0.491 e. The minimum atomic E-state index is -2.62. The van der Waals surface area contributed by atoms with Crippen molar-refractivity contribution in [2.45, 2.75) is 12.3 Å². The number of thiazole rings is 1. The summed E-state index contributed by atoms with van der Waals surface area (Å²) in [6, 6.07) is 12.7. The van der Waals surface area contributed by atoms with Crippen LogP contribution in [0.4, 0.5) is 13.9 Å². The van der Waals surface area contributed by atoms with Gasteiger partial charge in [-0.2, -0.15) is 0 Å². The number of nitrogens with zero attached hydrogens (tertiary/aromatic N) is 3. The van der Waals surface area contributed by atoms with E-state index < -0.39 is 5.92 Å². The monoisotopic (exact) mass is 469 g/mol. The Balaban J connectivity index is 1.36. The van der Waals surface area contributed by atoms with Crippen LogP contribution in [0.15, 0.2) is 54.0 Å². The Hall–Kier alpha value is -3.37. The number of nitrogens with one attached hydrogen (secondary N) is 2. The molecule has 1 fully saturated rings. The number of hydrogen-bond donors (Lipinski definition) is 2. The highest BCUT2D eigenvalue weighted by molar-refractivity contribution is 7.13. The van der Waals surface area contributed by atoms with Gasteiger partial charge in [0.2, 0.25) is 0 Å². The van der Waals surface area contributed by atoms with Crippen molar-refractivity contribution in [3.8, 4) is 17.1 Å². The molecule has 1 aliphatic rings. The first-order chi connectivity index (χ1) is 16.0. The number of hydrogen-bond acceptors (Lipinski definition) is 6. The molecule has 10 heteroatoms. The molecule has 0 spiro atoms. The van der Waals surface area contributed by atoms with Gasteiger partial charge in [-0.3, -0.25) is 15.0 Å². The third-order valence-electron chi connectivity index (χ3n) is 5.47. The van der Waals surface area contributed by atoms with E-state index in [1.807, 2.05) is 30.3 Å². The van der Waals surface area contributed by atoms with E-state index in [2.05, 4.69) is 20.3 Å². The Labute approximate surface area is 192 Å². The number of fused-ring (bicyclic) bond motifs is 1. The minimum absolute atomic E-state index is 0.110. The molecule has 2 aromatic carbocycles. The first-order valence-corrected chi connectivity index (χ1v) is 11.4. The van der Waals surface area contributed by atoms with Crippen molar-refractivity contribution in [2.75, 3.05) is 31.6 Å². The fourth-order valence-electron chi connectivity index (χ4n) is 3.86. The van der Waals surface area contributed by atoms with Gasteiger partial charge in [0.1, 0.15) is 23.7 Å². The molecule has 1 amide bonds. The van der Waals surface area contributed by atoms with Crippen LogP contribution >= 0.6 is 11.3 Å². The second-order valence-electron chi connectivity index (χ2n) is 7.81. The molecule has 5 rings (SSSR count). The minimum Gasteiger partial charge on any atom is -0.491 e. The maximum atomic E-state index is 13.4. The standard InChI is InChI=1S/C23H21F2N5O2S/c24-23(25)8-10-30(14-23)11-12-32-18-7-2-1-4-15(18)20-27-17-6-3-5-16(19(17)28-20)21(31)29-22-26-9-13-33-22/h1-7,9,13H,8,10-12,14H2,(H,27,28)(H,26,29,31). The van der Waals surface area contributed by atoms with Crippen LogP contribution in [0, 0.1) is 0 Å². The number of para-hydroxylation sites is 2. The van der Waals surface area contributed by atoms with E-state index in [9.17, 15) is 13.6 Å². The number of aromatic nitrogens is 3. The van der Waals surface area contributed by atoms with Gasteiger partial charge in [-0.1, -0.05) is 18.2 Å². The van der Waals surface area contributed by atoms with Gasteiger partial charge in [-0.05, 0) is 24.3 Å². The lowest BCUT2D eigenvalue weighted by molar-refractivity contribution is 0.0113. The predicted molar refractivity (Wildman–Crippen MR) is 123 cm³/mol. The van der Waals surface area contributed by atoms with Crippen LogP contribution in [0.3, 0.4) is 0 Å². The van der Waals surface area contributed by atoms with E-state index in [0.29, 0.717) is 46.4 Å². The van der Waals surface area contributed by atoms with Crippen LogP contribution in [0.5, 0.6) is 5.75 Å². The third-order valence-corrected chi connectivity index (χ3v) is 6.15. The van der Waals surface area contributed by atoms with Crippen LogP contribution in [0.25, 0.3) is 22.4 Å². The van der Waals surface area contributed by atoms with Crippen molar-refractivity contribution in [3.63, 3.8) is 0 Å². The summed E-state index contributed by atoms with van der Waals surface area (Å²) in [6.07, 6.45) is 1.51. The third kappa shape index (κ3) is 4.71. The van der Waals surface area contributed by atoms with E-state index in [-0.39, 0.29) is 25.5 Å². The summed E-state index contributed by atoms with van der Waals surface area (Å²) in [6.45, 7) is 0.848. The van der Waals surface area contributed by atoms with Gasteiger partial charge in [0.15, 0.2) is 5.13 Å². The van der Waals surface area contributed by atoms with E-state index in [4.69, 9.17) is 4.74 Å². The number of H-pyrrole nitrogens is 1. The van der Waals surface area contributed by atoms with Crippen molar-refractivity contribution in [1.29, 1.82) is 0 Å². The quantitative estimate of drug-likeness (QED) is 0.411. The molecule has 0 saturated carbocycles. The number of rotatable bonds is 7. The maximum Gasteiger partial charge on any atom is 0.261 e. The second-order valence-corrected chi connectivity index (χ2v) is 8.70. The van der Waals surface area contributed by atoms with Crippen molar-refractivity contribution in [2.24, 2.45) is 0 Å². The molecule has 7 nitrogen and oxygen atoms in total. The van der Waals surface area contributed by atoms with E-state index in [1.54, 1.807) is 28.6 Å². The molecule has 0 bridgehead atoms. The SMILES string of the molecule is O=C(Nc1nccs1)c1cccc2[nH]c(-c3ccccc3OCCN3CCC(F)(F)C3)nc12. The van der Waals surface area contributed by atoms with Crippen LogP contribution in [0.1, 0.15) is 16.8 Å². The van der Waals surface area contributed by atoms with Gasteiger partial charge >= 0.3 is 0 Å². The summed E-state index contributed by atoms with van der Waals surface area (Å²) < 4.78 is 32.7. The second kappa shape index (κ2) is 8.87. The number of anilines is 1. The average Bonchev–Trinajstić information content (AvgIpc) is 3.53. The molecule has 2 aromatic heterocycles. The predicted octanol–water partition coefficient (Wildman–Crippen LogP) is 4.66. The maximum absolute atomic E-state index is 13.4. The molecular formula is C23H21F2N5O2S. The van der Waals surface area contributed by atoms with Gasteiger partial charge in [0, 0.05) is 31.1 Å². The molecule has 2 N–H and O–H groups in total. The number of halogens is 2. The summed E-state index contributed by atoms with van der Waals surface area (Å²) in [7, 11) is 0. The Morgan fingerprint density at radius 3 is 2.91 bits per heavy atom. The molecule has 170 valence electrons. The molecular weight excluding hydrogens is 448 g/mol. The molecule has 33 heavy (non-hydrogen) atoms. The lowest BCUT2D eigenvalue weighted by atomic mass is 10.1. The summed E-state index contributed by atoms with van der Waals surface area (Å²) in [4.78, 5) is 26.5. The molecule has 3 heterocycles. The van der Waals surface area contributed by atoms with Gasteiger partial charge in [-0.15, -0.1) is 11.3 Å². The topological polar surface area (TPSA) is 83.1 Å². The Morgan fingerprint density at radius 1 is 1.24 bits per heavy atom. The van der Waals surface area contributed by atoms with Crippen LogP contribution < -0.4 is 10.1 Å². The molecule has 1 aliphatic heterocycles. The van der Waals surface area contributed by atoms with Gasteiger partial charge in [0.05, 0.1) is 23.2 Å². The number of ether oxygens (including phenoxy) is 1. The fourth-order valence-corrected chi connectivity index (χ4v) is 4.39. The Morgan fingerprint density at radius 2 is 2.12 bits per heavy atom. The number of carbonyl (C=O) groups is 1. The molecule has 4 aromatic rings. The summed E-state index contributed by atoms with van der Waals surface area (Å²) in [5, 5.41) is 5.09. The highest BCUT2D eigenvalue weighted by Crippen LogP contribution is 2.31.